The number of aromatic carboxylic acids is 1. The molecule has 0 saturated carbocycles. The fourth-order valence-electron chi connectivity index (χ4n) is 1.76. The van der Waals surface area contributed by atoms with E-state index in [1.807, 2.05) is 13.8 Å². The van der Waals surface area contributed by atoms with Crippen molar-refractivity contribution in [3.8, 4) is 0 Å². The molecule has 1 aromatic rings. The highest BCUT2D eigenvalue weighted by Crippen LogP contribution is 2.28. The second kappa shape index (κ2) is 5.53. The number of halogens is 1. The zero-order valence-electron chi connectivity index (χ0n) is 10.5. The van der Waals surface area contributed by atoms with Crippen LogP contribution in [0.5, 0.6) is 0 Å². The van der Waals surface area contributed by atoms with E-state index in [0.717, 1.165) is 5.57 Å². The Labute approximate surface area is 106 Å². The summed E-state index contributed by atoms with van der Waals surface area (Å²) in [6.07, 6.45) is 0. The normalized spacial score (nSPS) is 10.2. The number of anilines is 2. The average Bonchev–Trinajstić information content (AvgIpc) is 2.28. The Morgan fingerprint density at radius 1 is 1.56 bits per heavy atom. The van der Waals surface area contributed by atoms with Gasteiger partial charge >= 0.3 is 5.97 Å². The van der Waals surface area contributed by atoms with Gasteiger partial charge in [0.25, 0.3) is 0 Å². The molecule has 4 nitrogen and oxygen atoms in total. The highest BCUT2D eigenvalue weighted by molar-refractivity contribution is 6.00. The van der Waals surface area contributed by atoms with Gasteiger partial charge in [0.2, 0.25) is 0 Å². The summed E-state index contributed by atoms with van der Waals surface area (Å²) in [6.45, 7) is 8.60. The Morgan fingerprint density at radius 2 is 2.17 bits per heavy atom. The molecule has 0 atom stereocenters. The number of nitrogen functional groups attached to an aromatic ring is 1. The molecule has 0 unspecified atom stereocenters. The molecule has 0 bridgehead atoms. The predicted molar refractivity (Wildman–Crippen MR) is 70.5 cm³/mol. The van der Waals surface area contributed by atoms with Crippen LogP contribution in [-0.2, 0) is 0 Å². The van der Waals surface area contributed by atoms with Gasteiger partial charge in [0.1, 0.15) is 11.4 Å². The van der Waals surface area contributed by atoms with E-state index in [-0.39, 0.29) is 11.3 Å². The summed E-state index contributed by atoms with van der Waals surface area (Å²) in [5.74, 6) is -1.95. The molecule has 0 heterocycles. The van der Waals surface area contributed by atoms with E-state index in [1.54, 1.807) is 4.90 Å². The van der Waals surface area contributed by atoms with E-state index in [0.29, 0.717) is 18.8 Å². The fraction of sp³-hybridized carbons (Fsp3) is 0.308. The zero-order valence-corrected chi connectivity index (χ0v) is 10.5. The Kier molecular flexibility index (Phi) is 4.31. The number of nitrogens with two attached hydrogens (primary N) is 1. The molecule has 0 fully saturated rings. The number of rotatable bonds is 5. The van der Waals surface area contributed by atoms with Crippen LogP contribution in [0, 0.1) is 5.82 Å². The van der Waals surface area contributed by atoms with Gasteiger partial charge in [0.15, 0.2) is 0 Å². The average molecular weight is 252 g/mol. The second-order valence-corrected chi connectivity index (χ2v) is 4.13. The molecule has 5 heteroatoms. The van der Waals surface area contributed by atoms with E-state index >= 15 is 0 Å². The van der Waals surface area contributed by atoms with Crippen LogP contribution >= 0.6 is 0 Å². The first-order valence-corrected chi connectivity index (χ1v) is 5.59. The number of hydrogen-bond acceptors (Lipinski definition) is 3. The van der Waals surface area contributed by atoms with Crippen molar-refractivity contribution in [1.29, 1.82) is 0 Å². The summed E-state index contributed by atoms with van der Waals surface area (Å²) in [5.41, 5.74) is 6.27. The summed E-state index contributed by atoms with van der Waals surface area (Å²) in [7, 11) is 0. The molecule has 1 aromatic carbocycles. The summed E-state index contributed by atoms with van der Waals surface area (Å²) in [6, 6.07) is 2.61. The maximum atomic E-state index is 13.3. The minimum absolute atomic E-state index is 0.196. The van der Waals surface area contributed by atoms with Crippen LogP contribution in [-0.4, -0.2) is 24.2 Å². The molecular formula is C13H17FN2O2. The number of benzene rings is 1. The van der Waals surface area contributed by atoms with Gasteiger partial charge in [-0.1, -0.05) is 12.2 Å². The number of carboxylic acids is 1. The molecule has 98 valence electrons. The molecule has 0 aromatic heterocycles. The molecule has 0 saturated heterocycles. The first-order valence-electron chi connectivity index (χ1n) is 5.59. The van der Waals surface area contributed by atoms with E-state index in [1.165, 1.54) is 12.1 Å². The molecule has 18 heavy (non-hydrogen) atoms. The molecular weight excluding hydrogens is 235 g/mol. The molecule has 0 amide bonds. The van der Waals surface area contributed by atoms with Crippen molar-refractivity contribution in [1.82, 2.24) is 0 Å². The highest BCUT2D eigenvalue weighted by Gasteiger charge is 2.20. The Hall–Kier alpha value is -2.04. The first-order chi connectivity index (χ1) is 8.38. The molecule has 0 aliphatic rings. The summed E-state index contributed by atoms with van der Waals surface area (Å²) < 4.78 is 13.3. The van der Waals surface area contributed by atoms with Crippen LogP contribution in [0.15, 0.2) is 24.3 Å². The lowest BCUT2D eigenvalue weighted by Gasteiger charge is -2.25. The van der Waals surface area contributed by atoms with Crippen LogP contribution in [0.4, 0.5) is 15.8 Å². The van der Waals surface area contributed by atoms with Gasteiger partial charge in [-0.3, -0.25) is 0 Å². The van der Waals surface area contributed by atoms with Gasteiger partial charge in [-0.2, -0.15) is 0 Å². The Balaban J connectivity index is 3.34. The fourth-order valence-corrected chi connectivity index (χ4v) is 1.76. The number of likely N-dealkylation sites (N-methyl/N-ethyl adjacent to an activating group) is 1. The van der Waals surface area contributed by atoms with Crippen molar-refractivity contribution >= 4 is 17.3 Å². The number of nitrogens with zero attached hydrogens (tertiary/aromatic N) is 1. The minimum atomic E-state index is -1.23. The van der Waals surface area contributed by atoms with Gasteiger partial charge in [-0.25, -0.2) is 9.18 Å². The second-order valence-electron chi connectivity index (χ2n) is 4.13. The van der Waals surface area contributed by atoms with Crippen LogP contribution < -0.4 is 10.6 Å². The number of carboxylic acid groups (broad SMARTS) is 1. The third kappa shape index (κ3) is 2.80. The van der Waals surface area contributed by atoms with Crippen LogP contribution in [0.1, 0.15) is 24.2 Å². The number of hydrogen-bond donors (Lipinski definition) is 2. The minimum Gasteiger partial charge on any atom is -0.478 e. The standard InChI is InChI=1S/C13H17FN2O2/c1-4-16(7-8(2)3)10-6-5-9(14)12(15)11(10)13(17)18/h5-6H,2,4,7,15H2,1,3H3,(H,17,18). The smallest absolute Gasteiger partial charge is 0.340 e. The first kappa shape index (κ1) is 14.0. The molecule has 0 spiro atoms. The Morgan fingerprint density at radius 3 is 2.61 bits per heavy atom. The molecule has 0 aliphatic carbocycles. The van der Waals surface area contributed by atoms with Gasteiger partial charge in [-0.15, -0.1) is 0 Å². The molecule has 3 N–H and O–H groups in total. The van der Waals surface area contributed by atoms with Crippen molar-refractivity contribution in [2.24, 2.45) is 0 Å². The van der Waals surface area contributed by atoms with Gasteiger partial charge in [0.05, 0.1) is 11.4 Å². The summed E-state index contributed by atoms with van der Waals surface area (Å²) >= 11 is 0. The lowest BCUT2D eigenvalue weighted by molar-refractivity contribution is 0.0698. The largest absolute Gasteiger partial charge is 0.478 e. The zero-order chi connectivity index (χ0) is 13.9. The molecule has 0 radical (unpaired) electrons. The van der Waals surface area contributed by atoms with E-state index < -0.39 is 11.8 Å². The SMILES string of the molecule is C=C(C)CN(CC)c1ccc(F)c(N)c1C(=O)O. The lowest BCUT2D eigenvalue weighted by Crippen LogP contribution is -2.27. The van der Waals surface area contributed by atoms with Crippen LogP contribution in [0.25, 0.3) is 0 Å². The summed E-state index contributed by atoms with van der Waals surface area (Å²) in [5, 5.41) is 9.15. The van der Waals surface area contributed by atoms with E-state index in [2.05, 4.69) is 6.58 Å². The highest BCUT2D eigenvalue weighted by atomic mass is 19.1. The maximum Gasteiger partial charge on any atom is 0.340 e. The van der Waals surface area contributed by atoms with Crippen molar-refractivity contribution in [2.75, 3.05) is 23.7 Å². The quantitative estimate of drug-likeness (QED) is 0.624. The topological polar surface area (TPSA) is 66.6 Å². The predicted octanol–water partition coefficient (Wildman–Crippen LogP) is 2.51. The number of carbonyl (C=O) groups is 1. The van der Waals surface area contributed by atoms with Gasteiger partial charge in [0, 0.05) is 13.1 Å². The van der Waals surface area contributed by atoms with Gasteiger partial charge < -0.3 is 15.7 Å². The van der Waals surface area contributed by atoms with Crippen molar-refractivity contribution in [2.45, 2.75) is 13.8 Å². The Bertz CT molecular complexity index is 486. The third-order valence-corrected chi connectivity index (χ3v) is 2.57. The maximum absolute atomic E-state index is 13.3. The van der Waals surface area contributed by atoms with Gasteiger partial charge in [-0.05, 0) is 26.0 Å². The van der Waals surface area contributed by atoms with Crippen molar-refractivity contribution < 1.29 is 14.3 Å². The lowest BCUT2D eigenvalue weighted by atomic mass is 10.1. The van der Waals surface area contributed by atoms with Crippen molar-refractivity contribution in [3.05, 3.63) is 35.7 Å². The van der Waals surface area contributed by atoms with Crippen molar-refractivity contribution in [3.63, 3.8) is 0 Å². The molecule has 1 rings (SSSR count). The monoisotopic (exact) mass is 252 g/mol. The van der Waals surface area contributed by atoms with Crippen LogP contribution in [0.2, 0.25) is 0 Å². The summed E-state index contributed by atoms with van der Waals surface area (Å²) in [4.78, 5) is 13.0. The van der Waals surface area contributed by atoms with E-state index in [9.17, 15) is 9.18 Å². The third-order valence-electron chi connectivity index (χ3n) is 2.57. The van der Waals surface area contributed by atoms with Crippen LogP contribution in [0.3, 0.4) is 0 Å². The van der Waals surface area contributed by atoms with E-state index in [4.69, 9.17) is 10.8 Å². The molecule has 0 aliphatic heterocycles.